The Labute approximate surface area is 237 Å². The SMILES string of the molecule is CCCCCOC(=O)c1c(NC(=O)C=Cc2cccc([N+](=O)[O-])c2)n(C2CCCCC2)c2nc3ccccc3nc12. The second-order valence-corrected chi connectivity index (χ2v) is 10.3. The summed E-state index contributed by atoms with van der Waals surface area (Å²) in [6.45, 7) is 2.35. The van der Waals surface area contributed by atoms with E-state index in [0.29, 0.717) is 33.6 Å². The summed E-state index contributed by atoms with van der Waals surface area (Å²) in [4.78, 5) is 47.3. The first-order chi connectivity index (χ1) is 20.0. The number of amides is 1. The van der Waals surface area contributed by atoms with Crippen LogP contribution < -0.4 is 5.32 Å². The molecule has 10 heteroatoms. The lowest BCUT2D eigenvalue weighted by atomic mass is 9.95. The highest BCUT2D eigenvalue weighted by molar-refractivity contribution is 6.13. The molecule has 0 bridgehead atoms. The molecule has 1 aliphatic carbocycles. The number of fused-ring (bicyclic) bond motifs is 2. The normalized spacial score (nSPS) is 14.1. The number of non-ortho nitro benzene ring substituents is 1. The molecule has 4 aromatic rings. The number of hydrogen-bond acceptors (Lipinski definition) is 7. The van der Waals surface area contributed by atoms with Gasteiger partial charge in [0.1, 0.15) is 16.9 Å². The Bertz CT molecular complexity index is 1620. The van der Waals surface area contributed by atoms with E-state index in [4.69, 9.17) is 14.7 Å². The summed E-state index contributed by atoms with van der Waals surface area (Å²) in [5.41, 5.74) is 2.90. The minimum absolute atomic E-state index is 0.0272. The molecule has 10 nitrogen and oxygen atoms in total. The van der Waals surface area contributed by atoms with Crippen molar-refractivity contribution in [2.75, 3.05) is 11.9 Å². The maximum atomic E-state index is 13.6. The molecule has 1 fully saturated rings. The van der Waals surface area contributed by atoms with Gasteiger partial charge in [-0.2, -0.15) is 0 Å². The molecule has 1 saturated carbocycles. The molecule has 0 spiro atoms. The lowest BCUT2D eigenvalue weighted by molar-refractivity contribution is -0.384. The standard InChI is InChI=1S/C31H33N5O5/c1-2-3-9-19-41-31(38)27-28-30(33-25-16-8-7-15-24(25)32-28)35(22-12-5-4-6-13-22)29(27)34-26(37)18-17-21-11-10-14-23(20-21)36(39)40/h7-8,10-11,14-18,20,22H,2-6,9,12-13,19H2,1H3,(H,34,37). The summed E-state index contributed by atoms with van der Waals surface area (Å²) in [6.07, 6.45) is 10.4. The van der Waals surface area contributed by atoms with Crippen molar-refractivity contribution in [1.29, 1.82) is 0 Å². The van der Waals surface area contributed by atoms with E-state index < -0.39 is 16.8 Å². The number of ether oxygens (including phenoxy) is 1. The Morgan fingerprint density at radius 1 is 1.07 bits per heavy atom. The first-order valence-corrected chi connectivity index (χ1v) is 14.2. The molecule has 0 atom stereocenters. The molecular weight excluding hydrogens is 522 g/mol. The fourth-order valence-electron chi connectivity index (χ4n) is 5.34. The molecule has 5 rings (SSSR count). The van der Waals surface area contributed by atoms with E-state index in [1.54, 1.807) is 12.1 Å². The van der Waals surface area contributed by atoms with Crippen LogP contribution in [0, 0.1) is 10.1 Å². The van der Waals surface area contributed by atoms with Crippen molar-refractivity contribution in [2.45, 2.75) is 64.3 Å². The number of rotatable bonds is 10. The Morgan fingerprint density at radius 2 is 1.83 bits per heavy atom. The van der Waals surface area contributed by atoms with E-state index in [0.717, 1.165) is 51.4 Å². The van der Waals surface area contributed by atoms with Gasteiger partial charge in [0.25, 0.3) is 5.69 Å². The average molecular weight is 556 g/mol. The summed E-state index contributed by atoms with van der Waals surface area (Å²) in [6, 6.07) is 13.5. The van der Waals surface area contributed by atoms with Crippen molar-refractivity contribution in [3.63, 3.8) is 0 Å². The molecule has 0 radical (unpaired) electrons. The number of unbranched alkanes of at least 4 members (excludes halogenated alkanes) is 2. The van der Waals surface area contributed by atoms with Crippen LogP contribution in [0.15, 0.2) is 54.6 Å². The highest BCUT2D eigenvalue weighted by atomic mass is 16.6. The van der Waals surface area contributed by atoms with Gasteiger partial charge in [-0.15, -0.1) is 0 Å². The minimum atomic E-state index is -0.553. The lowest BCUT2D eigenvalue weighted by Gasteiger charge is -2.26. The number of para-hydroxylation sites is 2. The summed E-state index contributed by atoms with van der Waals surface area (Å²) in [5.74, 6) is -0.722. The Balaban J connectivity index is 1.59. The van der Waals surface area contributed by atoms with E-state index in [9.17, 15) is 19.7 Å². The summed E-state index contributed by atoms with van der Waals surface area (Å²) in [7, 11) is 0. The minimum Gasteiger partial charge on any atom is -0.462 e. The first kappa shape index (κ1) is 27.9. The van der Waals surface area contributed by atoms with Crippen LogP contribution in [-0.4, -0.2) is 37.9 Å². The summed E-state index contributed by atoms with van der Waals surface area (Å²) >= 11 is 0. The molecule has 2 aromatic carbocycles. The van der Waals surface area contributed by atoms with Crippen molar-refractivity contribution >= 4 is 51.7 Å². The van der Waals surface area contributed by atoms with Gasteiger partial charge in [-0.3, -0.25) is 14.9 Å². The van der Waals surface area contributed by atoms with E-state index in [2.05, 4.69) is 12.2 Å². The molecule has 0 saturated heterocycles. The summed E-state index contributed by atoms with van der Waals surface area (Å²) in [5, 5.41) is 14.1. The third-order valence-corrected chi connectivity index (χ3v) is 7.37. The topological polar surface area (TPSA) is 129 Å². The Morgan fingerprint density at radius 3 is 2.56 bits per heavy atom. The van der Waals surface area contributed by atoms with E-state index >= 15 is 0 Å². The summed E-state index contributed by atoms with van der Waals surface area (Å²) < 4.78 is 7.64. The number of carbonyl (C=O) groups is 2. The number of nitrogens with zero attached hydrogens (tertiary/aromatic N) is 4. The molecule has 1 N–H and O–H groups in total. The second kappa shape index (κ2) is 12.7. The molecule has 41 heavy (non-hydrogen) atoms. The highest BCUT2D eigenvalue weighted by Crippen LogP contribution is 2.38. The zero-order valence-corrected chi connectivity index (χ0v) is 23.0. The van der Waals surface area contributed by atoms with Crippen LogP contribution in [-0.2, 0) is 9.53 Å². The molecule has 212 valence electrons. The maximum Gasteiger partial charge on any atom is 0.344 e. The number of benzene rings is 2. The molecule has 2 heterocycles. The Hall–Kier alpha value is -4.60. The molecule has 2 aromatic heterocycles. The first-order valence-electron chi connectivity index (χ1n) is 14.2. The molecule has 1 aliphatic rings. The van der Waals surface area contributed by atoms with Crippen molar-refractivity contribution in [2.24, 2.45) is 0 Å². The van der Waals surface area contributed by atoms with Crippen LogP contribution in [0.4, 0.5) is 11.5 Å². The zero-order valence-electron chi connectivity index (χ0n) is 23.0. The van der Waals surface area contributed by atoms with Gasteiger partial charge in [-0.25, -0.2) is 14.8 Å². The van der Waals surface area contributed by atoms with Gasteiger partial charge in [0.2, 0.25) is 5.91 Å². The van der Waals surface area contributed by atoms with Gasteiger partial charge < -0.3 is 14.6 Å². The third kappa shape index (κ3) is 6.26. The van der Waals surface area contributed by atoms with Crippen LogP contribution in [0.25, 0.3) is 28.3 Å². The largest absolute Gasteiger partial charge is 0.462 e. The van der Waals surface area contributed by atoms with Crippen LogP contribution >= 0.6 is 0 Å². The molecular formula is C31H33N5O5. The Kier molecular flexibility index (Phi) is 8.67. The van der Waals surface area contributed by atoms with E-state index in [1.807, 2.05) is 28.8 Å². The van der Waals surface area contributed by atoms with Crippen molar-refractivity contribution in [3.8, 4) is 0 Å². The number of aromatic nitrogens is 3. The maximum absolute atomic E-state index is 13.6. The monoisotopic (exact) mass is 555 g/mol. The zero-order chi connectivity index (χ0) is 28.8. The number of nitro groups is 1. The van der Waals surface area contributed by atoms with Crippen molar-refractivity contribution < 1.29 is 19.2 Å². The van der Waals surface area contributed by atoms with Crippen LogP contribution in [0.2, 0.25) is 0 Å². The smallest absolute Gasteiger partial charge is 0.344 e. The predicted octanol–water partition coefficient (Wildman–Crippen LogP) is 7.00. The van der Waals surface area contributed by atoms with Gasteiger partial charge in [0.05, 0.1) is 22.6 Å². The second-order valence-electron chi connectivity index (χ2n) is 10.3. The van der Waals surface area contributed by atoms with E-state index in [1.165, 1.54) is 24.3 Å². The van der Waals surface area contributed by atoms with Gasteiger partial charge in [-0.05, 0) is 43.0 Å². The average Bonchev–Trinajstić information content (AvgIpc) is 3.29. The van der Waals surface area contributed by atoms with Gasteiger partial charge in [0.15, 0.2) is 5.65 Å². The lowest BCUT2D eigenvalue weighted by Crippen LogP contribution is -2.20. The number of anilines is 1. The van der Waals surface area contributed by atoms with Crippen LogP contribution in [0.3, 0.4) is 0 Å². The van der Waals surface area contributed by atoms with Gasteiger partial charge in [-0.1, -0.05) is 63.3 Å². The number of hydrogen-bond donors (Lipinski definition) is 1. The quantitative estimate of drug-likeness (QED) is 0.0733. The van der Waals surface area contributed by atoms with Crippen molar-refractivity contribution in [1.82, 2.24) is 14.5 Å². The van der Waals surface area contributed by atoms with Crippen LogP contribution in [0.5, 0.6) is 0 Å². The van der Waals surface area contributed by atoms with Gasteiger partial charge >= 0.3 is 5.97 Å². The highest BCUT2D eigenvalue weighted by Gasteiger charge is 2.31. The fourth-order valence-corrected chi connectivity index (χ4v) is 5.34. The van der Waals surface area contributed by atoms with Crippen molar-refractivity contribution in [3.05, 3.63) is 75.8 Å². The van der Waals surface area contributed by atoms with Gasteiger partial charge in [0, 0.05) is 24.3 Å². The predicted molar refractivity (Wildman–Crippen MR) is 158 cm³/mol. The number of nitro benzene ring substituents is 1. The molecule has 0 unspecified atom stereocenters. The number of esters is 1. The third-order valence-electron chi connectivity index (χ3n) is 7.37. The fraction of sp³-hybridized carbons (Fsp3) is 0.355. The molecule has 1 amide bonds. The van der Waals surface area contributed by atoms with E-state index in [-0.39, 0.29) is 23.9 Å². The number of nitrogens with one attached hydrogen (secondary N) is 1. The number of carbonyl (C=O) groups excluding carboxylic acids is 2. The van der Waals surface area contributed by atoms with Crippen LogP contribution in [0.1, 0.15) is 80.3 Å². The molecule has 0 aliphatic heterocycles.